The molecule has 0 spiro atoms. The Labute approximate surface area is 179 Å². The Morgan fingerprint density at radius 2 is 1.77 bits per heavy atom. The fraction of sp³-hybridized carbons (Fsp3) is 0.261. The fourth-order valence-electron chi connectivity index (χ4n) is 3.03. The van der Waals surface area contributed by atoms with Gasteiger partial charge in [-0.15, -0.1) is 0 Å². The van der Waals surface area contributed by atoms with Crippen molar-refractivity contribution in [3.8, 4) is 11.5 Å². The lowest BCUT2D eigenvalue weighted by atomic mass is 10.0. The number of rotatable bonds is 8. The minimum atomic E-state index is -1.39. The zero-order valence-corrected chi connectivity index (χ0v) is 17.2. The van der Waals surface area contributed by atoms with E-state index >= 15 is 0 Å². The summed E-state index contributed by atoms with van der Waals surface area (Å²) in [4.78, 5) is 37.0. The molecule has 2 aromatic carbocycles. The van der Waals surface area contributed by atoms with Gasteiger partial charge in [-0.1, -0.05) is 38.1 Å². The van der Waals surface area contributed by atoms with Gasteiger partial charge in [-0.2, -0.15) is 0 Å². The number of fused-ring (bicyclic) bond motifs is 1. The number of carboxylic acids is 1. The van der Waals surface area contributed by atoms with Gasteiger partial charge in [0.1, 0.15) is 5.70 Å². The normalized spacial score (nSPS) is 13.6. The van der Waals surface area contributed by atoms with Crippen molar-refractivity contribution in [1.82, 2.24) is 10.6 Å². The highest BCUT2D eigenvalue weighted by molar-refractivity contribution is 6.06. The van der Waals surface area contributed by atoms with Crippen molar-refractivity contribution in [2.24, 2.45) is 5.92 Å². The first-order valence-corrected chi connectivity index (χ1v) is 9.83. The van der Waals surface area contributed by atoms with Crippen LogP contribution in [0.4, 0.5) is 0 Å². The van der Waals surface area contributed by atoms with E-state index in [1.165, 1.54) is 6.08 Å². The van der Waals surface area contributed by atoms with Gasteiger partial charge in [-0.25, -0.2) is 0 Å². The van der Waals surface area contributed by atoms with Gasteiger partial charge < -0.3 is 30.0 Å². The molecule has 0 bridgehead atoms. The van der Waals surface area contributed by atoms with Crippen LogP contribution in [-0.2, 0) is 9.59 Å². The molecule has 0 aromatic heterocycles. The molecule has 0 unspecified atom stereocenters. The first-order chi connectivity index (χ1) is 14.8. The number of aliphatic carboxylic acids is 1. The summed E-state index contributed by atoms with van der Waals surface area (Å²) in [5.41, 5.74) is 0.810. The zero-order valence-electron chi connectivity index (χ0n) is 17.2. The average Bonchev–Trinajstić information content (AvgIpc) is 3.20. The van der Waals surface area contributed by atoms with Crippen molar-refractivity contribution in [3.05, 3.63) is 65.4 Å². The molecule has 2 N–H and O–H groups in total. The van der Waals surface area contributed by atoms with Gasteiger partial charge in [0, 0.05) is 5.56 Å². The van der Waals surface area contributed by atoms with Gasteiger partial charge in [0.05, 0.1) is 12.0 Å². The van der Waals surface area contributed by atoms with Crippen LogP contribution in [0, 0.1) is 5.92 Å². The Hall–Kier alpha value is -3.81. The van der Waals surface area contributed by atoms with Crippen LogP contribution in [0.15, 0.2) is 54.2 Å². The Morgan fingerprint density at radius 3 is 2.45 bits per heavy atom. The molecule has 1 atom stereocenters. The van der Waals surface area contributed by atoms with Crippen molar-refractivity contribution in [1.29, 1.82) is 0 Å². The third-order valence-electron chi connectivity index (χ3n) is 4.53. The Morgan fingerprint density at radius 1 is 1.06 bits per heavy atom. The zero-order chi connectivity index (χ0) is 22.4. The van der Waals surface area contributed by atoms with E-state index in [9.17, 15) is 19.5 Å². The lowest BCUT2D eigenvalue weighted by Crippen LogP contribution is -2.50. The monoisotopic (exact) mass is 423 g/mol. The standard InChI is InChI=1S/C23H24N2O6/c1-14(2)10-18(23(28)29)25-22(27)17(24-21(26)16-6-4-3-5-7-16)11-15-8-9-19-20(12-15)31-13-30-19/h3-9,11-12,14,18H,10,13H2,1-2H3,(H,24,26)(H,25,27)(H,28,29)/p-1/b17-11-/t18-/m1/s1. The number of carbonyl (C=O) groups is 3. The number of nitrogens with one attached hydrogen (secondary N) is 2. The largest absolute Gasteiger partial charge is 0.548 e. The molecule has 2 aromatic rings. The Balaban J connectivity index is 1.88. The highest BCUT2D eigenvalue weighted by Gasteiger charge is 2.21. The molecule has 1 aliphatic rings. The minimum absolute atomic E-state index is 0.0170. The van der Waals surface area contributed by atoms with E-state index in [1.54, 1.807) is 48.5 Å². The van der Waals surface area contributed by atoms with E-state index in [0.29, 0.717) is 22.6 Å². The van der Waals surface area contributed by atoms with Gasteiger partial charge in [0.15, 0.2) is 11.5 Å². The van der Waals surface area contributed by atoms with Crippen LogP contribution in [0.25, 0.3) is 6.08 Å². The summed E-state index contributed by atoms with van der Waals surface area (Å²) in [7, 11) is 0. The third-order valence-corrected chi connectivity index (χ3v) is 4.53. The lowest BCUT2D eigenvalue weighted by Gasteiger charge is -2.22. The highest BCUT2D eigenvalue weighted by atomic mass is 16.7. The van der Waals surface area contributed by atoms with Crippen molar-refractivity contribution < 1.29 is 29.0 Å². The first-order valence-electron chi connectivity index (χ1n) is 9.83. The molecule has 1 aliphatic heterocycles. The van der Waals surface area contributed by atoms with Crippen LogP contribution >= 0.6 is 0 Å². The van der Waals surface area contributed by atoms with Crippen LogP contribution in [0.1, 0.15) is 36.2 Å². The molecule has 0 saturated heterocycles. The molecule has 31 heavy (non-hydrogen) atoms. The molecule has 0 saturated carbocycles. The van der Waals surface area contributed by atoms with E-state index in [4.69, 9.17) is 9.47 Å². The number of hydrogen-bond donors (Lipinski definition) is 2. The SMILES string of the molecule is CC(C)C[C@@H](NC(=O)/C(=C/c1ccc2c(c1)OCO2)NC(=O)c1ccccc1)C(=O)[O-]. The molecule has 3 rings (SSSR count). The van der Waals surface area contributed by atoms with Crippen LogP contribution < -0.4 is 25.2 Å². The summed E-state index contributed by atoms with van der Waals surface area (Å²) < 4.78 is 10.6. The van der Waals surface area contributed by atoms with Crippen molar-refractivity contribution in [2.75, 3.05) is 6.79 Å². The summed E-state index contributed by atoms with van der Waals surface area (Å²) >= 11 is 0. The summed E-state index contributed by atoms with van der Waals surface area (Å²) in [6, 6.07) is 12.2. The maximum atomic E-state index is 12.9. The molecule has 0 fully saturated rings. The van der Waals surface area contributed by atoms with Crippen LogP contribution in [0.5, 0.6) is 11.5 Å². The average molecular weight is 423 g/mol. The number of hydrogen-bond acceptors (Lipinski definition) is 6. The molecule has 162 valence electrons. The summed E-state index contributed by atoms with van der Waals surface area (Å²) in [6.07, 6.45) is 1.64. The van der Waals surface area contributed by atoms with Gasteiger partial charge in [-0.3, -0.25) is 9.59 Å². The van der Waals surface area contributed by atoms with E-state index < -0.39 is 23.8 Å². The molecular weight excluding hydrogens is 400 g/mol. The van der Waals surface area contributed by atoms with E-state index in [0.717, 1.165) is 0 Å². The van der Waals surface area contributed by atoms with E-state index in [1.807, 2.05) is 13.8 Å². The Kier molecular flexibility index (Phi) is 6.92. The number of ether oxygens (including phenoxy) is 2. The maximum absolute atomic E-state index is 12.9. The first kappa shape index (κ1) is 21.9. The number of carbonyl (C=O) groups excluding carboxylic acids is 3. The lowest BCUT2D eigenvalue weighted by molar-refractivity contribution is -0.308. The predicted molar refractivity (Wildman–Crippen MR) is 111 cm³/mol. The van der Waals surface area contributed by atoms with Crippen LogP contribution in [-0.4, -0.2) is 30.6 Å². The molecule has 8 nitrogen and oxygen atoms in total. The summed E-state index contributed by atoms with van der Waals surface area (Å²) in [6.45, 7) is 3.77. The smallest absolute Gasteiger partial charge is 0.268 e. The predicted octanol–water partition coefficient (Wildman–Crippen LogP) is 1.47. The molecule has 8 heteroatoms. The van der Waals surface area contributed by atoms with Gasteiger partial charge in [0.2, 0.25) is 6.79 Å². The molecular formula is C23H23N2O6-. The molecule has 0 radical (unpaired) electrons. The van der Waals surface area contributed by atoms with Crippen LogP contribution in [0.3, 0.4) is 0 Å². The molecule has 2 amide bonds. The van der Waals surface area contributed by atoms with Crippen molar-refractivity contribution in [2.45, 2.75) is 26.3 Å². The van der Waals surface area contributed by atoms with Gasteiger partial charge >= 0.3 is 0 Å². The molecule has 0 aliphatic carbocycles. The Bertz CT molecular complexity index is 1000. The highest BCUT2D eigenvalue weighted by Crippen LogP contribution is 2.33. The third kappa shape index (κ3) is 5.85. The van der Waals surface area contributed by atoms with Gasteiger partial charge in [0.25, 0.3) is 11.8 Å². The summed E-state index contributed by atoms with van der Waals surface area (Å²) in [5, 5.41) is 16.5. The second kappa shape index (κ2) is 9.80. The minimum Gasteiger partial charge on any atom is -0.548 e. The number of amides is 2. The quantitative estimate of drug-likeness (QED) is 0.621. The van der Waals surface area contributed by atoms with E-state index in [-0.39, 0.29) is 24.8 Å². The van der Waals surface area contributed by atoms with Crippen LogP contribution in [0.2, 0.25) is 0 Å². The second-order valence-corrected chi connectivity index (χ2v) is 7.47. The van der Waals surface area contributed by atoms with Crippen molar-refractivity contribution in [3.63, 3.8) is 0 Å². The van der Waals surface area contributed by atoms with E-state index in [2.05, 4.69) is 10.6 Å². The second-order valence-electron chi connectivity index (χ2n) is 7.47. The fourth-order valence-corrected chi connectivity index (χ4v) is 3.03. The van der Waals surface area contributed by atoms with Crippen molar-refractivity contribution >= 4 is 23.9 Å². The maximum Gasteiger partial charge on any atom is 0.268 e. The number of benzene rings is 2. The topological polar surface area (TPSA) is 117 Å². The molecule has 1 heterocycles. The summed E-state index contributed by atoms with van der Waals surface area (Å²) in [5.74, 6) is -1.53. The number of carboxylic acid groups (broad SMARTS) is 1. The van der Waals surface area contributed by atoms with Gasteiger partial charge in [-0.05, 0) is 48.2 Å².